The Bertz CT molecular complexity index is 161. The summed E-state index contributed by atoms with van der Waals surface area (Å²) in [6.07, 6.45) is 0.964. The predicted molar refractivity (Wildman–Crippen MR) is 40.1 cm³/mol. The second kappa shape index (κ2) is 2.91. The third-order valence-electron chi connectivity index (χ3n) is 2.20. The molecule has 1 aliphatic carbocycles. The van der Waals surface area contributed by atoms with Gasteiger partial charge in [-0.3, -0.25) is 4.79 Å². The number of aliphatic hydroxyl groups excluding tert-OH is 1. The Balaban J connectivity index is 2.31. The minimum absolute atomic E-state index is 0.0119. The predicted octanol–water partition coefficient (Wildman–Crippen LogP) is 0.241. The van der Waals surface area contributed by atoms with Crippen LogP contribution in [0.3, 0.4) is 0 Å². The molecular weight excluding hydrogens is 144 g/mol. The van der Waals surface area contributed by atoms with E-state index in [9.17, 15) is 15.0 Å². The molecule has 3 heteroatoms. The number of rotatable bonds is 4. The van der Waals surface area contributed by atoms with Crippen molar-refractivity contribution in [3.05, 3.63) is 0 Å². The summed E-state index contributed by atoms with van der Waals surface area (Å²) in [7, 11) is 0. The zero-order valence-electron chi connectivity index (χ0n) is 6.71. The highest BCUT2D eigenvalue weighted by molar-refractivity contribution is 5.78. The van der Waals surface area contributed by atoms with E-state index in [1.165, 1.54) is 0 Å². The first-order valence-corrected chi connectivity index (χ1v) is 4.00. The van der Waals surface area contributed by atoms with E-state index in [1.807, 2.05) is 0 Å². The highest BCUT2D eigenvalue weighted by atomic mass is 16.3. The lowest BCUT2D eigenvalue weighted by Gasteiger charge is -2.14. The van der Waals surface area contributed by atoms with Gasteiger partial charge in [0.1, 0.15) is 5.78 Å². The molecule has 11 heavy (non-hydrogen) atoms. The maximum Gasteiger partial charge on any atom is 0.135 e. The van der Waals surface area contributed by atoms with Gasteiger partial charge in [-0.15, -0.1) is 0 Å². The van der Waals surface area contributed by atoms with Gasteiger partial charge >= 0.3 is 0 Å². The van der Waals surface area contributed by atoms with Gasteiger partial charge in [0.05, 0.1) is 11.7 Å². The van der Waals surface area contributed by atoms with E-state index in [-0.39, 0.29) is 12.2 Å². The second-order valence-electron chi connectivity index (χ2n) is 3.22. The number of hydrogen-bond donors (Lipinski definition) is 2. The van der Waals surface area contributed by atoms with E-state index >= 15 is 0 Å². The Morgan fingerprint density at radius 1 is 1.64 bits per heavy atom. The standard InChI is InChI=1S/C8H14O3/c1-2-6(9)5-7(10)8(11)3-4-8/h7,10-11H,2-5H2,1H3/t7-/m1/s1. The number of carbonyl (C=O) groups excluding carboxylic acids is 1. The monoisotopic (exact) mass is 158 g/mol. The molecule has 1 fully saturated rings. The van der Waals surface area contributed by atoms with Gasteiger partial charge < -0.3 is 10.2 Å². The topological polar surface area (TPSA) is 57.5 Å². The third-order valence-corrected chi connectivity index (χ3v) is 2.20. The van der Waals surface area contributed by atoms with Crippen molar-refractivity contribution < 1.29 is 15.0 Å². The maximum atomic E-state index is 10.8. The summed E-state index contributed by atoms with van der Waals surface area (Å²) in [4.78, 5) is 10.8. The van der Waals surface area contributed by atoms with Gasteiger partial charge in [-0.1, -0.05) is 6.92 Å². The van der Waals surface area contributed by atoms with Crippen LogP contribution in [0.5, 0.6) is 0 Å². The van der Waals surface area contributed by atoms with Crippen molar-refractivity contribution >= 4 is 5.78 Å². The van der Waals surface area contributed by atoms with Gasteiger partial charge in [-0.25, -0.2) is 0 Å². The van der Waals surface area contributed by atoms with Crippen LogP contribution in [0.4, 0.5) is 0 Å². The molecule has 0 unspecified atom stereocenters. The summed E-state index contributed by atoms with van der Waals surface area (Å²) < 4.78 is 0. The molecule has 0 bridgehead atoms. The summed E-state index contributed by atoms with van der Waals surface area (Å²) in [5, 5.41) is 18.6. The molecular formula is C8H14O3. The fraction of sp³-hybridized carbons (Fsp3) is 0.875. The van der Waals surface area contributed by atoms with Gasteiger partial charge in [0, 0.05) is 12.8 Å². The van der Waals surface area contributed by atoms with Gasteiger partial charge in [-0.2, -0.15) is 0 Å². The lowest BCUT2D eigenvalue weighted by atomic mass is 10.1. The second-order valence-corrected chi connectivity index (χ2v) is 3.22. The first kappa shape index (κ1) is 8.68. The van der Waals surface area contributed by atoms with Crippen LogP contribution in [0.15, 0.2) is 0 Å². The first-order valence-electron chi connectivity index (χ1n) is 4.00. The smallest absolute Gasteiger partial charge is 0.135 e. The molecule has 0 saturated heterocycles. The van der Waals surface area contributed by atoms with Crippen molar-refractivity contribution in [1.29, 1.82) is 0 Å². The van der Waals surface area contributed by atoms with Crippen molar-refractivity contribution in [2.75, 3.05) is 0 Å². The molecule has 0 aromatic heterocycles. The van der Waals surface area contributed by atoms with E-state index in [0.29, 0.717) is 19.3 Å². The zero-order valence-corrected chi connectivity index (χ0v) is 6.71. The van der Waals surface area contributed by atoms with Gasteiger partial charge in [-0.05, 0) is 12.8 Å². The lowest BCUT2D eigenvalue weighted by Crippen LogP contribution is -2.29. The number of carbonyl (C=O) groups is 1. The molecule has 0 aliphatic heterocycles. The average molecular weight is 158 g/mol. The number of hydrogen-bond acceptors (Lipinski definition) is 3. The molecule has 0 aromatic carbocycles. The maximum absolute atomic E-state index is 10.8. The molecule has 0 radical (unpaired) electrons. The molecule has 1 aliphatic rings. The normalized spacial score (nSPS) is 22.8. The SMILES string of the molecule is CCC(=O)C[C@@H](O)C1(O)CC1. The van der Waals surface area contributed by atoms with Crippen LogP contribution >= 0.6 is 0 Å². The molecule has 2 N–H and O–H groups in total. The van der Waals surface area contributed by atoms with Crippen LogP contribution in [0.25, 0.3) is 0 Å². The van der Waals surface area contributed by atoms with E-state index < -0.39 is 11.7 Å². The quantitative estimate of drug-likeness (QED) is 0.616. The Labute approximate surface area is 66.0 Å². The molecule has 0 aromatic rings. The molecule has 1 rings (SSSR count). The van der Waals surface area contributed by atoms with Crippen molar-refractivity contribution in [1.82, 2.24) is 0 Å². The minimum Gasteiger partial charge on any atom is -0.390 e. The lowest BCUT2D eigenvalue weighted by molar-refractivity contribution is -0.123. The zero-order chi connectivity index (χ0) is 8.48. The fourth-order valence-electron chi connectivity index (χ4n) is 1.01. The van der Waals surface area contributed by atoms with Crippen LogP contribution in [-0.2, 0) is 4.79 Å². The van der Waals surface area contributed by atoms with Crippen LogP contribution in [-0.4, -0.2) is 27.7 Å². The molecule has 0 heterocycles. The van der Waals surface area contributed by atoms with Gasteiger partial charge in [0.2, 0.25) is 0 Å². The molecule has 1 saturated carbocycles. The van der Waals surface area contributed by atoms with Crippen LogP contribution < -0.4 is 0 Å². The van der Waals surface area contributed by atoms with E-state index in [4.69, 9.17) is 0 Å². The highest BCUT2D eigenvalue weighted by Crippen LogP contribution is 2.39. The van der Waals surface area contributed by atoms with E-state index in [2.05, 4.69) is 0 Å². The minimum atomic E-state index is -0.926. The van der Waals surface area contributed by atoms with Crippen molar-refractivity contribution in [3.63, 3.8) is 0 Å². The molecule has 64 valence electrons. The Morgan fingerprint density at radius 2 is 2.18 bits per heavy atom. The van der Waals surface area contributed by atoms with Gasteiger partial charge in [0.15, 0.2) is 0 Å². The third kappa shape index (κ3) is 2.01. The highest BCUT2D eigenvalue weighted by Gasteiger charge is 2.47. The largest absolute Gasteiger partial charge is 0.390 e. The van der Waals surface area contributed by atoms with Crippen molar-refractivity contribution in [2.45, 2.75) is 44.3 Å². The van der Waals surface area contributed by atoms with E-state index in [0.717, 1.165) is 0 Å². The summed E-state index contributed by atoms with van der Waals surface area (Å²) in [6.45, 7) is 1.76. The number of aliphatic hydroxyl groups is 2. The first-order chi connectivity index (χ1) is 5.08. The summed E-state index contributed by atoms with van der Waals surface area (Å²) in [5.74, 6) is 0.0119. The summed E-state index contributed by atoms with van der Waals surface area (Å²) >= 11 is 0. The Hall–Kier alpha value is -0.410. The molecule has 3 nitrogen and oxygen atoms in total. The average Bonchev–Trinajstić information content (AvgIpc) is 2.69. The van der Waals surface area contributed by atoms with Crippen molar-refractivity contribution in [2.24, 2.45) is 0 Å². The fourth-order valence-corrected chi connectivity index (χ4v) is 1.01. The van der Waals surface area contributed by atoms with E-state index in [1.54, 1.807) is 6.92 Å². The Kier molecular flexibility index (Phi) is 2.30. The van der Waals surface area contributed by atoms with Gasteiger partial charge in [0.25, 0.3) is 0 Å². The summed E-state index contributed by atoms with van der Waals surface area (Å²) in [6, 6.07) is 0. The van der Waals surface area contributed by atoms with Crippen LogP contribution in [0, 0.1) is 0 Å². The number of ketones is 1. The number of Topliss-reactive ketones (excluding diaryl/α,β-unsaturated/α-hetero) is 1. The Morgan fingerprint density at radius 3 is 2.55 bits per heavy atom. The van der Waals surface area contributed by atoms with Crippen LogP contribution in [0.2, 0.25) is 0 Å². The van der Waals surface area contributed by atoms with Crippen molar-refractivity contribution in [3.8, 4) is 0 Å². The summed E-state index contributed by atoms with van der Waals surface area (Å²) in [5.41, 5.74) is -0.926. The molecule has 0 spiro atoms. The molecule has 0 amide bonds. The molecule has 1 atom stereocenters. The van der Waals surface area contributed by atoms with Crippen LogP contribution in [0.1, 0.15) is 32.6 Å².